The van der Waals surface area contributed by atoms with Gasteiger partial charge in [0.25, 0.3) is 5.22 Å². The molecule has 0 fully saturated rings. The van der Waals surface area contributed by atoms with Gasteiger partial charge in [-0.15, -0.1) is 0 Å². The first-order valence-electron chi connectivity index (χ1n) is 6.15. The van der Waals surface area contributed by atoms with Crippen LogP contribution in [0.15, 0.2) is 39.1 Å². The number of hydrogen-bond donors (Lipinski definition) is 1. The quantitative estimate of drug-likeness (QED) is 0.926. The topological polar surface area (TPSA) is 38.1 Å². The molecule has 0 radical (unpaired) electrons. The van der Waals surface area contributed by atoms with Crippen molar-refractivity contribution in [3.8, 4) is 0 Å². The Morgan fingerprint density at radius 3 is 2.40 bits per heavy atom. The van der Waals surface area contributed by atoms with E-state index in [0.29, 0.717) is 12.1 Å². The molecule has 0 amide bonds. The molecule has 1 aromatic carbocycles. The minimum Gasteiger partial charge on any atom is -0.440 e. The molecule has 0 aliphatic carbocycles. The molecular weight excluding hydrogens is 282 g/mol. The highest BCUT2D eigenvalue weighted by Crippen LogP contribution is 2.31. The number of benzene rings is 1. The van der Waals surface area contributed by atoms with Crippen LogP contribution in [-0.4, -0.2) is 10.5 Å². The average Bonchev–Trinajstić information content (AvgIpc) is 2.83. The number of hydrogen-bond acceptors (Lipinski definition) is 4. The second kappa shape index (κ2) is 5.93. The summed E-state index contributed by atoms with van der Waals surface area (Å²) in [6, 6.07) is 2.65. The summed E-state index contributed by atoms with van der Waals surface area (Å²) in [5.74, 6) is -1.22. The zero-order valence-electron chi connectivity index (χ0n) is 11.5. The third kappa shape index (κ3) is 4.05. The molecule has 0 spiro atoms. The molecule has 0 saturated heterocycles. The van der Waals surface area contributed by atoms with Crippen LogP contribution in [0.2, 0.25) is 0 Å². The molecule has 0 aliphatic heterocycles. The van der Waals surface area contributed by atoms with Crippen molar-refractivity contribution in [3.05, 3.63) is 41.8 Å². The molecule has 2 rings (SSSR count). The highest BCUT2D eigenvalue weighted by Gasteiger charge is 2.16. The highest BCUT2D eigenvalue weighted by atomic mass is 32.2. The lowest BCUT2D eigenvalue weighted by molar-refractivity contribution is 0.421. The van der Waals surface area contributed by atoms with Gasteiger partial charge in [0.15, 0.2) is 0 Å². The molecule has 1 aromatic heterocycles. The third-order valence-corrected chi connectivity index (χ3v) is 3.45. The van der Waals surface area contributed by atoms with Crippen LogP contribution in [-0.2, 0) is 6.54 Å². The summed E-state index contributed by atoms with van der Waals surface area (Å²) in [5, 5.41) is 3.40. The minimum absolute atomic E-state index is 0.105. The molecule has 2 aromatic rings. The Labute approximate surface area is 120 Å². The molecule has 0 aliphatic rings. The van der Waals surface area contributed by atoms with Gasteiger partial charge in [0, 0.05) is 12.1 Å². The molecule has 0 atom stereocenters. The number of rotatable bonds is 4. The smallest absolute Gasteiger partial charge is 0.260 e. The van der Waals surface area contributed by atoms with Crippen molar-refractivity contribution < 1.29 is 13.2 Å². The molecule has 20 heavy (non-hydrogen) atoms. The normalized spacial score (nSPS) is 11.8. The second-order valence-corrected chi connectivity index (χ2v) is 6.35. The van der Waals surface area contributed by atoms with Crippen LogP contribution in [0.25, 0.3) is 0 Å². The zero-order chi connectivity index (χ0) is 14.8. The van der Waals surface area contributed by atoms with Gasteiger partial charge >= 0.3 is 0 Å². The molecule has 6 heteroatoms. The van der Waals surface area contributed by atoms with E-state index in [1.807, 2.05) is 20.8 Å². The van der Waals surface area contributed by atoms with Gasteiger partial charge in [-0.05, 0) is 50.2 Å². The molecular formula is C14H16F2N2OS. The Hall–Kier alpha value is -1.40. The van der Waals surface area contributed by atoms with Gasteiger partial charge in [-0.1, -0.05) is 0 Å². The van der Waals surface area contributed by atoms with Crippen molar-refractivity contribution in [1.82, 2.24) is 10.3 Å². The summed E-state index contributed by atoms with van der Waals surface area (Å²) >= 11 is 0.832. The summed E-state index contributed by atoms with van der Waals surface area (Å²) in [4.78, 5) is 3.73. The molecule has 3 nitrogen and oxygen atoms in total. The SMILES string of the molecule is CC(C)(C)NCc1cc(F)c(Sc2ncco2)c(F)c1. The van der Waals surface area contributed by atoms with E-state index in [4.69, 9.17) is 4.42 Å². The zero-order valence-corrected chi connectivity index (χ0v) is 12.4. The largest absolute Gasteiger partial charge is 0.440 e. The van der Waals surface area contributed by atoms with Gasteiger partial charge in [0.1, 0.15) is 17.9 Å². The van der Waals surface area contributed by atoms with E-state index in [2.05, 4.69) is 10.3 Å². The van der Waals surface area contributed by atoms with Crippen LogP contribution in [0.3, 0.4) is 0 Å². The van der Waals surface area contributed by atoms with E-state index < -0.39 is 11.6 Å². The Balaban J connectivity index is 2.16. The fourth-order valence-corrected chi connectivity index (χ4v) is 2.23. The lowest BCUT2D eigenvalue weighted by Crippen LogP contribution is -2.35. The Kier molecular flexibility index (Phi) is 4.45. The van der Waals surface area contributed by atoms with Crippen molar-refractivity contribution in [2.24, 2.45) is 0 Å². The number of nitrogens with one attached hydrogen (secondary N) is 1. The maximum atomic E-state index is 14.0. The first kappa shape index (κ1) is 15.0. The molecule has 1 N–H and O–H groups in total. The lowest BCUT2D eigenvalue weighted by atomic mass is 10.1. The molecule has 108 valence electrons. The van der Waals surface area contributed by atoms with Crippen molar-refractivity contribution in [1.29, 1.82) is 0 Å². The van der Waals surface area contributed by atoms with Crippen LogP contribution >= 0.6 is 11.8 Å². The predicted molar refractivity (Wildman–Crippen MR) is 73.6 cm³/mol. The Morgan fingerprint density at radius 1 is 1.25 bits per heavy atom. The van der Waals surface area contributed by atoms with Crippen LogP contribution in [0.4, 0.5) is 8.78 Å². The van der Waals surface area contributed by atoms with E-state index in [1.165, 1.54) is 24.6 Å². The van der Waals surface area contributed by atoms with E-state index in [9.17, 15) is 8.78 Å². The van der Waals surface area contributed by atoms with E-state index in [1.54, 1.807) is 0 Å². The predicted octanol–water partition coefficient (Wildman–Crippen LogP) is 3.99. The Morgan fingerprint density at radius 2 is 1.90 bits per heavy atom. The van der Waals surface area contributed by atoms with Gasteiger partial charge in [-0.3, -0.25) is 0 Å². The highest BCUT2D eigenvalue weighted by molar-refractivity contribution is 7.99. The monoisotopic (exact) mass is 298 g/mol. The molecule has 1 heterocycles. The van der Waals surface area contributed by atoms with E-state index in [-0.39, 0.29) is 15.7 Å². The van der Waals surface area contributed by atoms with Crippen LogP contribution < -0.4 is 5.32 Å². The maximum absolute atomic E-state index is 14.0. The first-order valence-corrected chi connectivity index (χ1v) is 6.97. The van der Waals surface area contributed by atoms with Gasteiger partial charge in [0.05, 0.1) is 11.1 Å². The van der Waals surface area contributed by atoms with E-state index >= 15 is 0 Å². The number of halogens is 2. The summed E-state index contributed by atoms with van der Waals surface area (Å²) in [6.45, 7) is 6.38. The van der Waals surface area contributed by atoms with Crippen LogP contribution in [0.5, 0.6) is 0 Å². The summed E-state index contributed by atoms with van der Waals surface area (Å²) in [6.07, 6.45) is 2.79. The summed E-state index contributed by atoms with van der Waals surface area (Å²) in [7, 11) is 0. The van der Waals surface area contributed by atoms with Gasteiger partial charge in [-0.25, -0.2) is 13.8 Å². The lowest BCUT2D eigenvalue weighted by Gasteiger charge is -2.20. The molecule has 0 bridgehead atoms. The second-order valence-electron chi connectivity index (χ2n) is 5.39. The maximum Gasteiger partial charge on any atom is 0.260 e. The van der Waals surface area contributed by atoms with Gasteiger partial charge in [0.2, 0.25) is 0 Å². The van der Waals surface area contributed by atoms with Gasteiger partial charge < -0.3 is 9.73 Å². The average molecular weight is 298 g/mol. The summed E-state index contributed by atoms with van der Waals surface area (Å²) in [5.41, 5.74) is 0.449. The van der Waals surface area contributed by atoms with Crippen LogP contribution in [0, 0.1) is 11.6 Å². The van der Waals surface area contributed by atoms with Crippen LogP contribution in [0.1, 0.15) is 26.3 Å². The molecule has 0 unspecified atom stereocenters. The third-order valence-electron chi connectivity index (χ3n) is 2.48. The fraction of sp³-hybridized carbons (Fsp3) is 0.357. The first-order chi connectivity index (χ1) is 9.35. The fourth-order valence-electron chi connectivity index (χ4n) is 1.53. The van der Waals surface area contributed by atoms with Crippen molar-refractivity contribution in [2.45, 2.75) is 43.0 Å². The standard InChI is InChI=1S/C14H16F2N2OS/c1-14(2,3)18-8-9-6-10(15)12(11(16)7-9)20-13-17-4-5-19-13/h4-7,18H,8H2,1-3H3. The van der Waals surface area contributed by atoms with Crippen molar-refractivity contribution in [2.75, 3.05) is 0 Å². The summed E-state index contributed by atoms with van der Waals surface area (Å²) < 4.78 is 32.9. The van der Waals surface area contributed by atoms with Crippen molar-refractivity contribution >= 4 is 11.8 Å². The Bertz CT molecular complexity index is 556. The number of oxazole rings is 1. The van der Waals surface area contributed by atoms with Gasteiger partial charge in [-0.2, -0.15) is 0 Å². The van der Waals surface area contributed by atoms with E-state index in [0.717, 1.165) is 11.8 Å². The molecule has 0 saturated carbocycles. The minimum atomic E-state index is -0.612. The van der Waals surface area contributed by atoms with Crippen molar-refractivity contribution in [3.63, 3.8) is 0 Å². The number of aromatic nitrogens is 1. The number of nitrogens with zero attached hydrogens (tertiary/aromatic N) is 1.